The van der Waals surface area contributed by atoms with Crippen LogP contribution in [0.3, 0.4) is 0 Å². The van der Waals surface area contributed by atoms with Crippen molar-refractivity contribution in [1.29, 1.82) is 0 Å². The van der Waals surface area contributed by atoms with Gasteiger partial charge in [0, 0.05) is 44.3 Å². The summed E-state index contributed by atoms with van der Waals surface area (Å²) in [6.45, 7) is 16.3. The summed E-state index contributed by atoms with van der Waals surface area (Å²) in [6.07, 6.45) is 1.26. The molecule has 0 aromatic rings. The lowest BCUT2D eigenvalue weighted by Gasteiger charge is -2.44. The smallest absolute Gasteiger partial charge is 0.0244 e. The van der Waals surface area contributed by atoms with Gasteiger partial charge in [0.25, 0.3) is 0 Å². The largest absolute Gasteiger partial charge is 0.313 e. The van der Waals surface area contributed by atoms with Crippen LogP contribution in [0.15, 0.2) is 0 Å². The summed E-state index contributed by atoms with van der Waals surface area (Å²) in [5, 5.41) is 3.61. The highest BCUT2D eigenvalue weighted by Gasteiger charge is 2.29. The summed E-state index contributed by atoms with van der Waals surface area (Å²) < 4.78 is 0. The SMILES string of the molecule is CCC1CN(C(CNC(C)C)C(C)C)CCN1C. The molecular formula is C15H33N3. The molecule has 1 saturated heterocycles. The van der Waals surface area contributed by atoms with E-state index >= 15 is 0 Å². The van der Waals surface area contributed by atoms with Crippen LogP contribution in [-0.4, -0.2) is 61.2 Å². The Morgan fingerprint density at radius 2 is 1.83 bits per heavy atom. The maximum absolute atomic E-state index is 3.61. The molecule has 18 heavy (non-hydrogen) atoms. The molecule has 1 rings (SSSR count). The molecule has 1 aliphatic rings. The Kier molecular flexibility index (Phi) is 6.61. The van der Waals surface area contributed by atoms with Gasteiger partial charge in [0.15, 0.2) is 0 Å². The molecule has 3 nitrogen and oxygen atoms in total. The topological polar surface area (TPSA) is 18.5 Å². The van der Waals surface area contributed by atoms with Gasteiger partial charge in [-0.25, -0.2) is 0 Å². The molecule has 108 valence electrons. The van der Waals surface area contributed by atoms with Gasteiger partial charge in [-0.15, -0.1) is 0 Å². The van der Waals surface area contributed by atoms with Crippen LogP contribution in [0.2, 0.25) is 0 Å². The molecule has 0 bridgehead atoms. The summed E-state index contributed by atoms with van der Waals surface area (Å²) in [5.74, 6) is 0.720. The molecule has 0 saturated carbocycles. The molecule has 0 spiro atoms. The average Bonchev–Trinajstić information content (AvgIpc) is 2.30. The molecule has 1 heterocycles. The van der Waals surface area contributed by atoms with E-state index in [0.717, 1.165) is 18.5 Å². The number of hydrogen-bond donors (Lipinski definition) is 1. The predicted molar refractivity (Wildman–Crippen MR) is 80.0 cm³/mol. The van der Waals surface area contributed by atoms with Gasteiger partial charge in [-0.3, -0.25) is 4.90 Å². The zero-order chi connectivity index (χ0) is 13.7. The second-order valence-corrected chi connectivity index (χ2v) is 6.41. The van der Waals surface area contributed by atoms with E-state index in [0.29, 0.717) is 12.1 Å². The third-order valence-electron chi connectivity index (χ3n) is 4.25. The van der Waals surface area contributed by atoms with Crippen molar-refractivity contribution in [3.63, 3.8) is 0 Å². The van der Waals surface area contributed by atoms with Crippen molar-refractivity contribution in [3.8, 4) is 0 Å². The Labute approximate surface area is 114 Å². The van der Waals surface area contributed by atoms with Crippen molar-refractivity contribution in [3.05, 3.63) is 0 Å². The van der Waals surface area contributed by atoms with Gasteiger partial charge in [0.2, 0.25) is 0 Å². The molecule has 0 aromatic heterocycles. The van der Waals surface area contributed by atoms with Crippen LogP contribution in [0.5, 0.6) is 0 Å². The van der Waals surface area contributed by atoms with Gasteiger partial charge < -0.3 is 10.2 Å². The first-order chi connectivity index (χ1) is 8.45. The summed E-state index contributed by atoms with van der Waals surface area (Å²) in [6, 6.07) is 2.00. The molecule has 2 unspecified atom stereocenters. The van der Waals surface area contributed by atoms with E-state index in [-0.39, 0.29) is 0 Å². The molecule has 0 aliphatic carbocycles. The quantitative estimate of drug-likeness (QED) is 0.783. The maximum Gasteiger partial charge on any atom is 0.0244 e. The number of likely N-dealkylation sites (N-methyl/N-ethyl adjacent to an activating group) is 1. The van der Waals surface area contributed by atoms with Gasteiger partial charge >= 0.3 is 0 Å². The average molecular weight is 255 g/mol. The minimum atomic E-state index is 0.584. The lowest BCUT2D eigenvalue weighted by Crippen LogP contribution is -2.57. The zero-order valence-electron chi connectivity index (χ0n) is 13.2. The van der Waals surface area contributed by atoms with Gasteiger partial charge in [-0.05, 0) is 19.4 Å². The maximum atomic E-state index is 3.61. The predicted octanol–water partition coefficient (Wildman–Crippen LogP) is 2.03. The third-order valence-corrected chi connectivity index (χ3v) is 4.25. The van der Waals surface area contributed by atoms with Gasteiger partial charge in [0.1, 0.15) is 0 Å². The first kappa shape index (κ1) is 15.9. The minimum absolute atomic E-state index is 0.584. The zero-order valence-corrected chi connectivity index (χ0v) is 13.2. The number of rotatable bonds is 6. The van der Waals surface area contributed by atoms with E-state index in [1.54, 1.807) is 0 Å². The van der Waals surface area contributed by atoms with Crippen LogP contribution in [0.1, 0.15) is 41.0 Å². The van der Waals surface area contributed by atoms with Crippen LogP contribution >= 0.6 is 0 Å². The summed E-state index contributed by atoms with van der Waals surface area (Å²) >= 11 is 0. The molecular weight excluding hydrogens is 222 g/mol. The Morgan fingerprint density at radius 3 is 2.33 bits per heavy atom. The van der Waals surface area contributed by atoms with Crippen LogP contribution in [0.25, 0.3) is 0 Å². The lowest BCUT2D eigenvalue weighted by atomic mass is 9.99. The van der Waals surface area contributed by atoms with E-state index in [2.05, 4.69) is 56.8 Å². The Morgan fingerprint density at radius 1 is 1.17 bits per heavy atom. The monoisotopic (exact) mass is 255 g/mol. The van der Waals surface area contributed by atoms with E-state index in [1.165, 1.54) is 26.1 Å². The molecule has 1 fully saturated rings. The highest BCUT2D eigenvalue weighted by molar-refractivity contribution is 4.86. The molecule has 0 aromatic carbocycles. The number of nitrogens with one attached hydrogen (secondary N) is 1. The van der Waals surface area contributed by atoms with Crippen LogP contribution in [-0.2, 0) is 0 Å². The van der Waals surface area contributed by atoms with Crippen molar-refractivity contribution in [1.82, 2.24) is 15.1 Å². The fourth-order valence-corrected chi connectivity index (χ4v) is 2.86. The highest BCUT2D eigenvalue weighted by Crippen LogP contribution is 2.17. The van der Waals surface area contributed by atoms with E-state index < -0.39 is 0 Å². The lowest BCUT2D eigenvalue weighted by molar-refractivity contribution is 0.0459. The highest BCUT2D eigenvalue weighted by atomic mass is 15.3. The van der Waals surface area contributed by atoms with Crippen molar-refractivity contribution in [2.24, 2.45) is 5.92 Å². The van der Waals surface area contributed by atoms with Crippen molar-refractivity contribution < 1.29 is 0 Å². The number of piperazine rings is 1. The van der Waals surface area contributed by atoms with E-state index in [9.17, 15) is 0 Å². The number of nitrogens with zero attached hydrogens (tertiary/aromatic N) is 2. The third kappa shape index (κ3) is 4.52. The normalized spacial score (nSPS) is 25.0. The fraction of sp³-hybridized carbons (Fsp3) is 1.00. The standard InChI is InChI=1S/C15H33N3/c1-7-14-11-18(9-8-17(14)6)15(12(2)3)10-16-13(4)5/h12-16H,7-11H2,1-6H3. The van der Waals surface area contributed by atoms with Gasteiger partial charge in [0.05, 0.1) is 0 Å². The van der Waals surface area contributed by atoms with Crippen molar-refractivity contribution in [2.75, 3.05) is 33.2 Å². The molecule has 1 N–H and O–H groups in total. The first-order valence-electron chi connectivity index (χ1n) is 7.63. The van der Waals surface area contributed by atoms with Crippen LogP contribution in [0.4, 0.5) is 0 Å². The Balaban J connectivity index is 2.57. The molecule has 0 amide bonds. The summed E-state index contributed by atoms with van der Waals surface area (Å²) in [5.41, 5.74) is 0. The van der Waals surface area contributed by atoms with Crippen molar-refractivity contribution in [2.45, 2.75) is 59.2 Å². The van der Waals surface area contributed by atoms with E-state index in [1.807, 2.05) is 0 Å². The first-order valence-corrected chi connectivity index (χ1v) is 7.63. The Hall–Kier alpha value is -0.120. The molecule has 0 radical (unpaired) electrons. The molecule has 1 aliphatic heterocycles. The summed E-state index contributed by atoms with van der Waals surface area (Å²) in [7, 11) is 2.27. The second-order valence-electron chi connectivity index (χ2n) is 6.41. The van der Waals surface area contributed by atoms with Gasteiger partial charge in [-0.2, -0.15) is 0 Å². The number of hydrogen-bond acceptors (Lipinski definition) is 3. The van der Waals surface area contributed by atoms with Crippen LogP contribution < -0.4 is 5.32 Å². The second kappa shape index (κ2) is 7.46. The van der Waals surface area contributed by atoms with E-state index in [4.69, 9.17) is 0 Å². The van der Waals surface area contributed by atoms with Crippen LogP contribution in [0, 0.1) is 5.92 Å². The Bertz CT molecular complexity index is 228. The molecule has 3 heteroatoms. The molecule has 2 atom stereocenters. The van der Waals surface area contributed by atoms with Gasteiger partial charge in [-0.1, -0.05) is 34.6 Å². The minimum Gasteiger partial charge on any atom is -0.313 e. The fourth-order valence-electron chi connectivity index (χ4n) is 2.86. The van der Waals surface area contributed by atoms with Crippen molar-refractivity contribution >= 4 is 0 Å². The summed E-state index contributed by atoms with van der Waals surface area (Å²) in [4.78, 5) is 5.22.